The van der Waals surface area contributed by atoms with Crippen molar-refractivity contribution in [3.8, 4) is 0 Å². The van der Waals surface area contributed by atoms with Gasteiger partial charge >= 0.3 is 0 Å². The lowest BCUT2D eigenvalue weighted by Gasteiger charge is -2.30. The van der Waals surface area contributed by atoms with Crippen molar-refractivity contribution in [1.29, 1.82) is 0 Å². The van der Waals surface area contributed by atoms with Crippen LogP contribution >= 0.6 is 0 Å². The van der Waals surface area contributed by atoms with Gasteiger partial charge in [0.1, 0.15) is 6.26 Å². The van der Waals surface area contributed by atoms with Gasteiger partial charge in [0.25, 0.3) is 0 Å². The average Bonchev–Trinajstić information content (AvgIpc) is 2.61. The Balaban J connectivity index is 2.53. The van der Waals surface area contributed by atoms with Crippen LogP contribution in [-0.4, -0.2) is 17.1 Å². The van der Waals surface area contributed by atoms with E-state index in [0.29, 0.717) is 12.1 Å². The summed E-state index contributed by atoms with van der Waals surface area (Å²) in [6.45, 7) is 8.70. The third kappa shape index (κ3) is 1.77. The maximum Gasteiger partial charge on any atom is 0.203 e. The maximum atomic E-state index is 5.69. The Kier molecular flexibility index (Phi) is 2.86. The van der Waals surface area contributed by atoms with E-state index in [1.807, 2.05) is 12.3 Å². The van der Waals surface area contributed by atoms with Gasteiger partial charge in [0.2, 0.25) is 5.88 Å². The van der Waals surface area contributed by atoms with Crippen LogP contribution in [0.2, 0.25) is 0 Å². The van der Waals surface area contributed by atoms with E-state index in [9.17, 15) is 0 Å². The van der Waals surface area contributed by atoms with Crippen molar-refractivity contribution in [3.05, 3.63) is 24.7 Å². The molecule has 0 fully saturated rings. The predicted molar refractivity (Wildman–Crippen MR) is 66.8 cm³/mol. The van der Waals surface area contributed by atoms with Crippen LogP contribution in [0.1, 0.15) is 27.7 Å². The molecule has 0 saturated carbocycles. The summed E-state index contributed by atoms with van der Waals surface area (Å²) in [5, 5.41) is 2.20. The zero-order valence-corrected chi connectivity index (χ0v) is 10.3. The van der Waals surface area contributed by atoms with Crippen molar-refractivity contribution in [1.82, 2.24) is 4.98 Å². The molecule has 0 aromatic carbocycles. The van der Waals surface area contributed by atoms with Gasteiger partial charge in [-0.15, -0.1) is 0 Å². The second kappa shape index (κ2) is 4.16. The number of nitrogens with zero attached hydrogens (tertiary/aromatic N) is 2. The average molecular weight is 218 g/mol. The maximum absolute atomic E-state index is 5.69. The summed E-state index contributed by atoms with van der Waals surface area (Å²) in [6, 6.07) is 2.84. The number of hydrogen-bond donors (Lipinski definition) is 0. The van der Waals surface area contributed by atoms with Gasteiger partial charge in [0.05, 0.1) is 0 Å². The molecule has 0 atom stereocenters. The Bertz CT molecular complexity index is 465. The van der Waals surface area contributed by atoms with Gasteiger partial charge in [-0.05, 0) is 33.8 Å². The summed E-state index contributed by atoms with van der Waals surface area (Å²) < 4.78 is 5.69. The second-order valence-electron chi connectivity index (χ2n) is 4.60. The first-order valence-electron chi connectivity index (χ1n) is 5.70. The van der Waals surface area contributed by atoms with Gasteiger partial charge in [0, 0.05) is 35.2 Å². The van der Waals surface area contributed by atoms with Gasteiger partial charge < -0.3 is 9.32 Å². The van der Waals surface area contributed by atoms with Crippen LogP contribution in [0.4, 0.5) is 5.88 Å². The summed E-state index contributed by atoms with van der Waals surface area (Å²) in [5.41, 5.74) is 0. The lowest BCUT2D eigenvalue weighted by Crippen LogP contribution is -2.36. The quantitative estimate of drug-likeness (QED) is 0.790. The third-order valence-electron chi connectivity index (χ3n) is 2.73. The van der Waals surface area contributed by atoms with Crippen LogP contribution in [0.25, 0.3) is 10.8 Å². The molecule has 86 valence electrons. The van der Waals surface area contributed by atoms with Crippen molar-refractivity contribution in [2.45, 2.75) is 39.8 Å². The Morgan fingerprint density at radius 2 is 1.88 bits per heavy atom. The number of furan rings is 1. The van der Waals surface area contributed by atoms with E-state index in [4.69, 9.17) is 4.42 Å². The van der Waals surface area contributed by atoms with Gasteiger partial charge in [-0.2, -0.15) is 0 Å². The molecule has 16 heavy (non-hydrogen) atoms. The zero-order chi connectivity index (χ0) is 11.7. The molecule has 0 aliphatic heterocycles. The van der Waals surface area contributed by atoms with Crippen molar-refractivity contribution in [2.24, 2.45) is 0 Å². The Hall–Kier alpha value is -1.51. The van der Waals surface area contributed by atoms with Crippen LogP contribution < -0.4 is 4.90 Å². The highest BCUT2D eigenvalue weighted by Crippen LogP contribution is 2.30. The first-order valence-corrected chi connectivity index (χ1v) is 5.70. The SMILES string of the molecule is CC(C)N(c1occ2cnccc12)C(C)C. The first kappa shape index (κ1) is 11.0. The molecule has 0 saturated heterocycles. The fourth-order valence-corrected chi connectivity index (χ4v) is 2.14. The Morgan fingerprint density at radius 3 is 2.50 bits per heavy atom. The highest BCUT2D eigenvalue weighted by Gasteiger charge is 2.19. The van der Waals surface area contributed by atoms with E-state index in [0.717, 1.165) is 16.7 Å². The normalized spacial score (nSPS) is 11.6. The number of hydrogen-bond acceptors (Lipinski definition) is 3. The largest absolute Gasteiger partial charge is 0.447 e. The van der Waals surface area contributed by atoms with Gasteiger partial charge in [-0.25, -0.2) is 0 Å². The fraction of sp³-hybridized carbons (Fsp3) is 0.462. The fourth-order valence-electron chi connectivity index (χ4n) is 2.14. The van der Waals surface area contributed by atoms with E-state index in [1.54, 1.807) is 12.5 Å². The van der Waals surface area contributed by atoms with E-state index >= 15 is 0 Å². The Morgan fingerprint density at radius 1 is 1.19 bits per heavy atom. The van der Waals surface area contributed by atoms with Crippen LogP contribution in [0, 0.1) is 0 Å². The minimum atomic E-state index is 0.419. The van der Waals surface area contributed by atoms with Crippen molar-refractivity contribution in [3.63, 3.8) is 0 Å². The molecule has 0 bridgehead atoms. The second-order valence-corrected chi connectivity index (χ2v) is 4.60. The molecule has 2 heterocycles. The Labute approximate surface area is 96.1 Å². The third-order valence-corrected chi connectivity index (χ3v) is 2.73. The van der Waals surface area contributed by atoms with E-state index < -0.39 is 0 Å². The van der Waals surface area contributed by atoms with Gasteiger partial charge in [0.15, 0.2) is 0 Å². The topological polar surface area (TPSA) is 29.3 Å². The first-order chi connectivity index (χ1) is 7.61. The van der Waals surface area contributed by atoms with Crippen LogP contribution in [0.15, 0.2) is 29.1 Å². The zero-order valence-electron chi connectivity index (χ0n) is 10.3. The van der Waals surface area contributed by atoms with Gasteiger partial charge in [-0.1, -0.05) is 0 Å². The monoisotopic (exact) mass is 218 g/mol. The summed E-state index contributed by atoms with van der Waals surface area (Å²) >= 11 is 0. The van der Waals surface area contributed by atoms with E-state index in [2.05, 4.69) is 37.6 Å². The molecule has 0 N–H and O–H groups in total. The minimum absolute atomic E-state index is 0.419. The number of pyridine rings is 1. The van der Waals surface area contributed by atoms with E-state index in [-0.39, 0.29) is 0 Å². The molecular formula is C13H18N2O. The summed E-state index contributed by atoms with van der Waals surface area (Å²) in [5.74, 6) is 0.947. The van der Waals surface area contributed by atoms with E-state index in [1.165, 1.54) is 0 Å². The molecule has 0 amide bonds. The predicted octanol–water partition coefficient (Wildman–Crippen LogP) is 3.45. The molecular weight excluding hydrogens is 200 g/mol. The number of aromatic nitrogens is 1. The van der Waals surface area contributed by atoms with Crippen molar-refractivity contribution in [2.75, 3.05) is 4.90 Å². The molecule has 2 aromatic heterocycles. The molecule has 0 unspecified atom stereocenters. The van der Waals surface area contributed by atoms with Crippen LogP contribution in [0.5, 0.6) is 0 Å². The smallest absolute Gasteiger partial charge is 0.203 e. The molecule has 0 spiro atoms. The lowest BCUT2D eigenvalue weighted by molar-refractivity contribution is 0.499. The number of fused-ring (bicyclic) bond motifs is 1. The highest BCUT2D eigenvalue weighted by atomic mass is 16.3. The van der Waals surface area contributed by atoms with Crippen molar-refractivity contribution < 1.29 is 4.42 Å². The summed E-state index contributed by atoms with van der Waals surface area (Å²) in [6.07, 6.45) is 5.41. The number of rotatable bonds is 3. The standard InChI is InChI=1S/C13H18N2O/c1-9(2)15(10(3)4)13-12-5-6-14-7-11(12)8-16-13/h5-10H,1-4H3. The molecule has 0 aliphatic rings. The highest BCUT2D eigenvalue weighted by molar-refractivity contribution is 5.91. The summed E-state index contributed by atoms with van der Waals surface area (Å²) in [4.78, 5) is 6.38. The molecule has 2 aromatic rings. The minimum Gasteiger partial charge on any atom is -0.447 e. The molecule has 0 radical (unpaired) electrons. The number of anilines is 1. The van der Waals surface area contributed by atoms with Crippen LogP contribution in [-0.2, 0) is 0 Å². The van der Waals surface area contributed by atoms with Gasteiger partial charge in [-0.3, -0.25) is 4.98 Å². The van der Waals surface area contributed by atoms with Crippen LogP contribution in [0.3, 0.4) is 0 Å². The summed E-state index contributed by atoms with van der Waals surface area (Å²) in [7, 11) is 0. The lowest BCUT2D eigenvalue weighted by atomic mass is 10.2. The molecule has 2 rings (SSSR count). The molecule has 3 heteroatoms. The van der Waals surface area contributed by atoms with Crippen molar-refractivity contribution >= 4 is 16.7 Å². The molecule has 0 aliphatic carbocycles. The molecule has 3 nitrogen and oxygen atoms in total.